The van der Waals surface area contributed by atoms with E-state index < -0.39 is 19.9 Å². The summed E-state index contributed by atoms with van der Waals surface area (Å²) in [6.07, 6.45) is 0. The van der Waals surface area contributed by atoms with Crippen molar-refractivity contribution in [3.63, 3.8) is 0 Å². The molecule has 0 fully saturated rings. The molecule has 0 spiro atoms. The fraction of sp³-hybridized carbons (Fsp3) is 0.333. The van der Waals surface area contributed by atoms with Gasteiger partial charge in [0.1, 0.15) is 5.69 Å². The second-order valence-electron chi connectivity index (χ2n) is 4.22. The molecule has 15 heavy (non-hydrogen) atoms. The number of pyridine rings is 1. The first-order valence-electron chi connectivity index (χ1n) is 4.33. The fourth-order valence-electron chi connectivity index (χ4n) is 1.15. The highest BCUT2D eigenvalue weighted by Crippen LogP contribution is 2.14. The molecular weight excluding hydrogens is 237 g/mol. The highest BCUT2D eigenvalue weighted by atomic mass is 35.5. The Morgan fingerprint density at radius 3 is 2.47 bits per heavy atom. The molecule has 0 aliphatic carbocycles. The number of carboxylic acid groups (broad SMARTS) is 1. The fourth-order valence-corrected chi connectivity index (χ4v) is 2.77. The van der Waals surface area contributed by atoms with Gasteiger partial charge in [-0.3, -0.25) is 0 Å². The largest absolute Gasteiger partial charge is 0.477 e. The van der Waals surface area contributed by atoms with Crippen LogP contribution in [0, 0.1) is 5.82 Å². The molecule has 0 saturated heterocycles. The van der Waals surface area contributed by atoms with Gasteiger partial charge in [0, 0.05) is 0 Å². The predicted octanol–water partition coefficient (Wildman–Crippen LogP) is 2.12. The Labute approximate surface area is 92.9 Å². The van der Waals surface area contributed by atoms with Gasteiger partial charge in [-0.05, 0) is 11.3 Å². The molecule has 82 valence electrons. The molecule has 0 aromatic carbocycles. The van der Waals surface area contributed by atoms with Crippen molar-refractivity contribution in [1.29, 1.82) is 0 Å². The van der Waals surface area contributed by atoms with Crippen LogP contribution in [0.2, 0.25) is 24.8 Å². The number of aromatic nitrogens is 1. The number of aromatic carboxylic acids is 1. The number of hydrogen-bond acceptors (Lipinski definition) is 2. The summed E-state index contributed by atoms with van der Waals surface area (Å²) in [5, 5.41) is 8.78. The summed E-state index contributed by atoms with van der Waals surface area (Å²) in [7, 11) is -1.95. The van der Waals surface area contributed by atoms with Gasteiger partial charge in [0.15, 0.2) is 11.0 Å². The Balaban J connectivity index is 3.45. The van der Waals surface area contributed by atoms with Crippen LogP contribution in [0.4, 0.5) is 4.39 Å². The van der Waals surface area contributed by atoms with E-state index in [1.165, 1.54) is 6.07 Å². The lowest BCUT2D eigenvalue weighted by Crippen LogP contribution is -2.41. The van der Waals surface area contributed by atoms with E-state index in [9.17, 15) is 9.18 Å². The third kappa shape index (κ3) is 2.54. The van der Waals surface area contributed by atoms with Gasteiger partial charge in [0.25, 0.3) is 0 Å². The second-order valence-corrected chi connectivity index (χ2v) is 9.61. The van der Waals surface area contributed by atoms with E-state index in [0.29, 0.717) is 5.19 Å². The Bertz CT molecular complexity index is 417. The first-order valence-corrected chi connectivity index (χ1v) is 8.21. The van der Waals surface area contributed by atoms with E-state index in [1.807, 2.05) is 19.6 Å². The SMILES string of the molecule is C[Si](C)(C)c1cc(C(=O)O)nc(Cl)c1F. The average Bonchev–Trinajstić information content (AvgIpc) is 2.06. The summed E-state index contributed by atoms with van der Waals surface area (Å²) >= 11 is 5.54. The first kappa shape index (κ1) is 12.1. The molecule has 1 heterocycles. The molecule has 6 heteroatoms. The van der Waals surface area contributed by atoms with Gasteiger partial charge in [-0.1, -0.05) is 31.2 Å². The van der Waals surface area contributed by atoms with E-state index >= 15 is 0 Å². The number of rotatable bonds is 2. The summed E-state index contributed by atoms with van der Waals surface area (Å²) in [6.45, 7) is 5.73. The molecule has 0 bridgehead atoms. The van der Waals surface area contributed by atoms with Crippen LogP contribution in [0.25, 0.3) is 0 Å². The number of carboxylic acids is 1. The number of halogens is 2. The van der Waals surface area contributed by atoms with Crippen LogP contribution in [0.1, 0.15) is 10.5 Å². The lowest BCUT2D eigenvalue weighted by atomic mass is 10.3. The summed E-state index contributed by atoms with van der Waals surface area (Å²) in [5.41, 5.74) is -0.209. The van der Waals surface area contributed by atoms with Gasteiger partial charge in [0.05, 0.1) is 8.07 Å². The molecule has 1 rings (SSSR count). The summed E-state index contributed by atoms with van der Waals surface area (Å²) in [6, 6.07) is 1.27. The molecule has 0 atom stereocenters. The van der Waals surface area contributed by atoms with Crippen molar-refractivity contribution >= 4 is 30.8 Å². The molecule has 0 saturated carbocycles. The maximum Gasteiger partial charge on any atom is 0.354 e. The molecular formula is C9H11ClFNO2Si. The minimum atomic E-state index is -1.95. The summed E-state index contributed by atoms with van der Waals surface area (Å²) in [4.78, 5) is 14.2. The van der Waals surface area contributed by atoms with Gasteiger partial charge in [-0.2, -0.15) is 0 Å². The third-order valence-electron chi connectivity index (χ3n) is 1.94. The van der Waals surface area contributed by atoms with Gasteiger partial charge in [-0.15, -0.1) is 0 Å². The van der Waals surface area contributed by atoms with Gasteiger partial charge in [-0.25, -0.2) is 14.2 Å². The van der Waals surface area contributed by atoms with Crippen LogP contribution >= 0.6 is 11.6 Å². The van der Waals surface area contributed by atoms with Crippen molar-refractivity contribution in [2.75, 3.05) is 0 Å². The zero-order valence-corrected chi connectivity index (χ0v) is 10.4. The van der Waals surface area contributed by atoms with E-state index in [2.05, 4.69) is 4.98 Å². The van der Waals surface area contributed by atoms with Crippen LogP contribution < -0.4 is 5.19 Å². The molecule has 0 amide bonds. The number of nitrogens with zero attached hydrogens (tertiary/aromatic N) is 1. The van der Waals surface area contributed by atoms with Crippen LogP contribution in [-0.2, 0) is 0 Å². The van der Waals surface area contributed by atoms with E-state index in [4.69, 9.17) is 16.7 Å². The smallest absolute Gasteiger partial charge is 0.354 e. The van der Waals surface area contributed by atoms with Crippen LogP contribution in [-0.4, -0.2) is 24.1 Å². The van der Waals surface area contributed by atoms with Crippen molar-refractivity contribution in [2.24, 2.45) is 0 Å². The molecule has 1 aromatic heterocycles. The summed E-state index contributed by atoms with van der Waals surface area (Å²) in [5.74, 6) is -1.79. The van der Waals surface area contributed by atoms with Crippen LogP contribution in [0.15, 0.2) is 6.07 Å². The van der Waals surface area contributed by atoms with Crippen molar-refractivity contribution in [3.8, 4) is 0 Å². The monoisotopic (exact) mass is 247 g/mol. The highest BCUT2D eigenvalue weighted by Gasteiger charge is 2.25. The maximum atomic E-state index is 13.6. The molecule has 0 aliphatic heterocycles. The Kier molecular flexibility index (Phi) is 3.15. The average molecular weight is 248 g/mol. The van der Waals surface area contributed by atoms with E-state index in [-0.39, 0.29) is 10.8 Å². The minimum Gasteiger partial charge on any atom is -0.477 e. The summed E-state index contributed by atoms with van der Waals surface area (Å²) < 4.78 is 13.6. The second kappa shape index (κ2) is 3.90. The molecule has 1 N–H and O–H groups in total. The molecule has 1 aromatic rings. The predicted molar refractivity (Wildman–Crippen MR) is 59.1 cm³/mol. The molecule has 0 aliphatic rings. The third-order valence-corrected chi connectivity index (χ3v) is 4.17. The Hall–Kier alpha value is -0.943. The lowest BCUT2D eigenvalue weighted by Gasteiger charge is -2.18. The minimum absolute atomic E-state index is 0.209. The Morgan fingerprint density at radius 1 is 1.53 bits per heavy atom. The molecule has 0 radical (unpaired) electrons. The van der Waals surface area contributed by atoms with Crippen molar-refractivity contribution < 1.29 is 14.3 Å². The lowest BCUT2D eigenvalue weighted by molar-refractivity contribution is 0.0690. The standard InChI is InChI=1S/C9H11ClFNO2Si/c1-15(2,3)6-4-5(9(13)14)12-8(10)7(6)11/h4H,1-3H3,(H,13,14). The maximum absolute atomic E-state index is 13.6. The van der Waals surface area contributed by atoms with Crippen molar-refractivity contribution in [1.82, 2.24) is 4.98 Å². The van der Waals surface area contributed by atoms with Gasteiger partial charge >= 0.3 is 5.97 Å². The zero-order chi connectivity index (χ0) is 11.8. The first-order chi connectivity index (χ1) is 6.73. The van der Waals surface area contributed by atoms with E-state index in [0.717, 1.165) is 0 Å². The molecule has 3 nitrogen and oxygen atoms in total. The Morgan fingerprint density at radius 2 is 2.07 bits per heavy atom. The van der Waals surface area contributed by atoms with Gasteiger partial charge in [0.2, 0.25) is 0 Å². The van der Waals surface area contributed by atoms with Crippen LogP contribution in [0.3, 0.4) is 0 Å². The number of hydrogen-bond donors (Lipinski definition) is 1. The normalized spacial score (nSPS) is 11.5. The van der Waals surface area contributed by atoms with Crippen molar-refractivity contribution in [2.45, 2.75) is 19.6 Å². The number of carbonyl (C=O) groups is 1. The van der Waals surface area contributed by atoms with Gasteiger partial charge < -0.3 is 5.11 Å². The van der Waals surface area contributed by atoms with Crippen molar-refractivity contribution in [3.05, 3.63) is 22.7 Å². The highest BCUT2D eigenvalue weighted by molar-refractivity contribution is 6.88. The topological polar surface area (TPSA) is 50.2 Å². The zero-order valence-electron chi connectivity index (χ0n) is 8.64. The van der Waals surface area contributed by atoms with Crippen LogP contribution in [0.5, 0.6) is 0 Å². The van der Waals surface area contributed by atoms with E-state index in [1.54, 1.807) is 0 Å². The molecule has 0 unspecified atom stereocenters. The quantitative estimate of drug-likeness (QED) is 0.643.